The molecule has 122 valence electrons. The zero-order valence-corrected chi connectivity index (χ0v) is 13.5. The summed E-state index contributed by atoms with van der Waals surface area (Å²) in [5.74, 6) is -0.921. The molecule has 23 heavy (non-hydrogen) atoms. The van der Waals surface area contributed by atoms with Crippen molar-refractivity contribution in [1.82, 2.24) is 0 Å². The van der Waals surface area contributed by atoms with E-state index in [1.54, 1.807) is 38.1 Å². The van der Waals surface area contributed by atoms with E-state index >= 15 is 0 Å². The van der Waals surface area contributed by atoms with Crippen LogP contribution in [0.1, 0.15) is 55.5 Å². The summed E-state index contributed by atoms with van der Waals surface area (Å²) in [6, 6.07) is 8.29. The molecule has 0 amide bonds. The molecule has 5 nitrogen and oxygen atoms in total. The number of nitrogens with zero attached hydrogens (tertiary/aromatic N) is 1. The average molecular weight is 315 g/mol. The highest BCUT2D eigenvalue weighted by atomic mass is 16.6. The Labute approximate surface area is 136 Å². The Morgan fingerprint density at radius 1 is 1.09 bits per heavy atom. The highest BCUT2D eigenvalue weighted by molar-refractivity contribution is 5.89. The minimum atomic E-state index is -0.452. The van der Waals surface area contributed by atoms with Crippen molar-refractivity contribution in [2.45, 2.75) is 51.7 Å². The van der Waals surface area contributed by atoms with Gasteiger partial charge in [0.05, 0.1) is 23.1 Å². The van der Waals surface area contributed by atoms with Gasteiger partial charge in [-0.05, 0) is 49.9 Å². The molecule has 2 atom stereocenters. The first kappa shape index (κ1) is 17.0. The molecule has 0 aromatic heterocycles. The zero-order chi connectivity index (χ0) is 16.8. The minimum Gasteiger partial charge on any atom is -0.458 e. The van der Waals surface area contributed by atoms with Crippen molar-refractivity contribution >= 4 is 11.9 Å². The molecule has 0 aliphatic heterocycles. The molecule has 0 radical (unpaired) electrons. The first-order valence-corrected chi connectivity index (χ1v) is 7.93. The van der Waals surface area contributed by atoms with E-state index in [-0.39, 0.29) is 18.0 Å². The van der Waals surface area contributed by atoms with Crippen LogP contribution in [-0.2, 0) is 14.3 Å². The average Bonchev–Trinajstić information content (AvgIpc) is 2.56. The van der Waals surface area contributed by atoms with Crippen LogP contribution in [0.3, 0.4) is 0 Å². The topological polar surface area (TPSA) is 76.4 Å². The fraction of sp³-hybridized carbons (Fsp3) is 0.500. The predicted octanol–water partition coefficient (Wildman–Crippen LogP) is 3.23. The van der Waals surface area contributed by atoms with E-state index in [1.807, 2.05) is 6.07 Å². The van der Waals surface area contributed by atoms with Crippen molar-refractivity contribution in [2.24, 2.45) is 5.92 Å². The molecule has 5 heteroatoms. The molecule has 1 aromatic carbocycles. The Morgan fingerprint density at radius 3 is 2.17 bits per heavy atom. The van der Waals surface area contributed by atoms with E-state index in [4.69, 9.17) is 14.7 Å². The first-order valence-electron chi connectivity index (χ1n) is 7.93. The molecule has 0 saturated heterocycles. The van der Waals surface area contributed by atoms with Gasteiger partial charge in [0.2, 0.25) is 0 Å². The van der Waals surface area contributed by atoms with Crippen LogP contribution in [0.5, 0.6) is 0 Å². The van der Waals surface area contributed by atoms with Crippen molar-refractivity contribution < 1.29 is 19.1 Å². The lowest BCUT2D eigenvalue weighted by Gasteiger charge is -2.31. The van der Waals surface area contributed by atoms with Crippen molar-refractivity contribution in [2.75, 3.05) is 0 Å². The molecule has 1 aliphatic rings. The van der Waals surface area contributed by atoms with Crippen molar-refractivity contribution in [3.63, 3.8) is 0 Å². The van der Waals surface area contributed by atoms with E-state index < -0.39 is 12.1 Å². The number of benzene rings is 1. The van der Waals surface area contributed by atoms with E-state index in [0.717, 1.165) is 12.8 Å². The minimum absolute atomic E-state index is 0.202. The van der Waals surface area contributed by atoms with Crippen molar-refractivity contribution in [3.05, 3.63) is 35.4 Å². The Kier molecular flexibility index (Phi) is 5.75. The predicted molar refractivity (Wildman–Crippen MR) is 83.5 cm³/mol. The van der Waals surface area contributed by atoms with Crippen LogP contribution in [0.15, 0.2) is 24.3 Å². The molecule has 1 saturated carbocycles. The number of esters is 2. The standard InChI is InChI=1S/C18H21NO4/c1-12(2)17(20)22-15-5-3-4-6-16(15)23-18(21)14-9-7-13(11-19)8-10-14/h7-10,12,15-16H,3-6H2,1-2H3. The summed E-state index contributed by atoms with van der Waals surface area (Å²) in [4.78, 5) is 24.0. The van der Waals surface area contributed by atoms with Gasteiger partial charge in [0, 0.05) is 0 Å². The van der Waals surface area contributed by atoms with Gasteiger partial charge < -0.3 is 9.47 Å². The number of carbonyl (C=O) groups excluding carboxylic acids is 2. The fourth-order valence-corrected chi connectivity index (χ4v) is 2.50. The van der Waals surface area contributed by atoms with E-state index in [0.29, 0.717) is 24.0 Å². The van der Waals surface area contributed by atoms with E-state index in [1.165, 1.54) is 0 Å². The third-order valence-electron chi connectivity index (χ3n) is 3.89. The van der Waals surface area contributed by atoms with Gasteiger partial charge in [-0.15, -0.1) is 0 Å². The zero-order valence-electron chi connectivity index (χ0n) is 13.5. The molecule has 2 unspecified atom stereocenters. The smallest absolute Gasteiger partial charge is 0.338 e. The number of nitriles is 1. The van der Waals surface area contributed by atoms with Crippen LogP contribution in [0.2, 0.25) is 0 Å². The lowest BCUT2D eigenvalue weighted by molar-refractivity contribution is -0.161. The van der Waals surface area contributed by atoms with Gasteiger partial charge in [-0.25, -0.2) is 4.79 Å². The Bertz CT molecular complexity index is 600. The van der Waals surface area contributed by atoms with Gasteiger partial charge in [0.1, 0.15) is 12.2 Å². The fourth-order valence-electron chi connectivity index (χ4n) is 2.50. The lowest BCUT2D eigenvalue weighted by Crippen LogP contribution is -2.38. The number of carbonyl (C=O) groups is 2. The van der Waals surface area contributed by atoms with Crippen LogP contribution in [0.4, 0.5) is 0 Å². The van der Waals surface area contributed by atoms with Gasteiger partial charge >= 0.3 is 11.9 Å². The summed E-state index contributed by atoms with van der Waals surface area (Å²) in [5, 5.41) is 8.78. The molecule has 0 heterocycles. The Balaban J connectivity index is 2.01. The highest BCUT2D eigenvalue weighted by Crippen LogP contribution is 2.25. The summed E-state index contributed by atoms with van der Waals surface area (Å²) in [6.45, 7) is 3.56. The van der Waals surface area contributed by atoms with Crippen molar-refractivity contribution in [3.8, 4) is 6.07 Å². The summed E-state index contributed by atoms with van der Waals surface area (Å²) < 4.78 is 11.0. The molecule has 1 aliphatic carbocycles. The number of rotatable bonds is 4. The highest BCUT2D eigenvalue weighted by Gasteiger charge is 2.32. The number of hydrogen-bond donors (Lipinski definition) is 0. The largest absolute Gasteiger partial charge is 0.458 e. The normalized spacial score (nSPS) is 20.6. The molecule has 0 N–H and O–H groups in total. The summed E-state index contributed by atoms with van der Waals surface area (Å²) in [6.07, 6.45) is 2.53. The summed E-state index contributed by atoms with van der Waals surface area (Å²) in [5.41, 5.74) is 0.881. The molecule has 1 fully saturated rings. The van der Waals surface area contributed by atoms with Gasteiger partial charge in [0.15, 0.2) is 0 Å². The molecular formula is C18H21NO4. The van der Waals surface area contributed by atoms with Gasteiger partial charge in [-0.2, -0.15) is 5.26 Å². The molecule has 2 rings (SSSR count). The summed E-state index contributed by atoms with van der Waals surface area (Å²) in [7, 11) is 0. The molecule has 0 spiro atoms. The van der Waals surface area contributed by atoms with Crippen LogP contribution < -0.4 is 0 Å². The number of hydrogen-bond acceptors (Lipinski definition) is 5. The van der Waals surface area contributed by atoms with Crippen LogP contribution >= 0.6 is 0 Å². The quantitative estimate of drug-likeness (QED) is 0.797. The first-order chi connectivity index (χ1) is 11.0. The molecule has 0 bridgehead atoms. The summed E-state index contributed by atoms with van der Waals surface area (Å²) >= 11 is 0. The van der Waals surface area contributed by atoms with Gasteiger partial charge in [-0.1, -0.05) is 13.8 Å². The monoisotopic (exact) mass is 315 g/mol. The van der Waals surface area contributed by atoms with Crippen LogP contribution in [0.25, 0.3) is 0 Å². The maximum absolute atomic E-state index is 12.2. The maximum Gasteiger partial charge on any atom is 0.338 e. The third kappa shape index (κ3) is 4.56. The van der Waals surface area contributed by atoms with Gasteiger partial charge in [0.25, 0.3) is 0 Å². The number of ether oxygens (including phenoxy) is 2. The second-order valence-corrected chi connectivity index (χ2v) is 6.05. The Morgan fingerprint density at radius 2 is 1.65 bits per heavy atom. The second kappa shape index (κ2) is 7.77. The lowest BCUT2D eigenvalue weighted by atomic mass is 9.94. The Hall–Kier alpha value is -2.35. The maximum atomic E-state index is 12.2. The third-order valence-corrected chi connectivity index (χ3v) is 3.89. The van der Waals surface area contributed by atoms with Gasteiger partial charge in [-0.3, -0.25) is 4.79 Å². The SMILES string of the molecule is CC(C)C(=O)OC1CCCCC1OC(=O)c1ccc(C#N)cc1. The van der Waals surface area contributed by atoms with Crippen LogP contribution in [0, 0.1) is 17.2 Å². The van der Waals surface area contributed by atoms with Crippen LogP contribution in [-0.4, -0.2) is 24.1 Å². The van der Waals surface area contributed by atoms with E-state index in [2.05, 4.69) is 0 Å². The van der Waals surface area contributed by atoms with E-state index in [9.17, 15) is 9.59 Å². The molecular weight excluding hydrogens is 294 g/mol. The van der Waals surface area contributed by atoms with Crippen molar-refractivity contribution in [1.29, 1.82) is 5.26 Å². The second-order valence-electron chi connectivity index (χ2n) is 6.05. The molecule has 1 aromatic rings.